The highest BCUT2D eigenvalue weighted by molar-refractivity contribution is 5.05. The molecule has 4 nitrogen and oxygen atoms in total. The van der Waals surface area contributed by atoms with E-state index in [4.69, 9.17) is 0 Å². The van der Waals surface area contributed by atoms with Crippen LogP contribution < -0.4 is 57.5 Å². The van der Waals surface area contributed by atoms with Crippen LogP contribution in [0.3, 0.4) is 0 Å². The molecule has 0 radical (unpaired) electrons. The number of nitrogens with zero attached hydrogens (tertiary/aromatic N) is 2. The van der Waals surface area contributed by atoms with E-state index in [0.29, 0.717) is 0 Å². The van der Waals surface area contributed by atoms with Crippen molar-refractivity contribution in [1.82, 2.24) is 9.55 Å². The van der Waals surface area contributed by atoms with Gasteiger partial charge in [0.05, 0.1) is 14.1 Å². The minimum Gasteiger partial charge on any atom is -1.00 e. The fraction of sp³-hybridized carbons (Fsp3) is 0.455. The molecule has 0 aliphatic rings. The number of halogens is 2. The SMILES string of the molecule is Cc1c(C)[n+](C)c(C)n1C.[I-].[I-].c1c[nH+]c[nH]1. The van der Waals surface area contributed by atoms with Crippen molar-refractivity contribution in [1.29, 1.82) is 0 Å². The number of imidazole rings is 2. The third-order valence-electron chi connectivity index (χ3n) is 2.94. The maximum atomic E-state index is 2.81. The Bertz CT molecular complexity index is 324. The van der Waals surface area contributed by atoms with Gasteiger partial charge in [0.2, 0.25) is 6.33 Å². The highest BCUT2D eigenvalue weighted by Crippen LogP contribution is 2.02. The molecule has 98 valence electrons. The number of aromatic amines is 2. The second-order valence-corrected chi connectivity index (χ2v) is 3.65. The average molecular weight is 462 g/mol. The van der Waals surface area contributed by atoms with Gasteiger partial charge in [-0.05, 0) is 0 Å². The van der Waals surface area contributed by atoms with Crippen LogP contribution in [0.2, 0.25) is 0 Å². The van der Waals surface area contributed by atoms with E-state index in [2.05, 4.69) is 54.0 Å². The average Bonchev–Trinajstić information content (AvgIpc) is 2.86. The van der Waals surface area contributed by atoms with Crippen LogP contribution in [0.15, 0.2) is 18.7 Å². The number of H-pyrrole nitrogens is 2. The van der Waals surface area contributed by atoms with Gasteiger partial charge in [0, 0.05) is 20.8 Å². The Kier molecular flexibility index (Phi) is 10.1. The zero-order valence-electron chi connectivity index (χ0n) is 10.9. The van der Waals surface area contributed by atoms with Gasteiger partial charge in [0.1, 0.15) is 23.8 Å². The molecule has 2 aromatic rings. The van der Waals surface area contributed by atoms with Crippen molar-refractivity contribution < 1.29 is 57.5 Å². The summed E-state index contributed by atoms with van der Waals surface area (Å²) in [6, 6.07) is 0. The number of hydrogen-bond acceptors (Lipinski definition) is 0. The quantitative estimate of drug-likeness (QED) is 0.300. The number of nitrogens with one attached hydrogen (secondary N) is 2. The molecule has 2 rings (SSSR count). The van der Waals surface area contributed by atoms with Gasteiger partial charge in [-0.15, -0.1) is 0 Å². The Balaban J connectivity index is 0. The monoisotopic (exact) mass is 462 g/mol. The predicted molar refractivity (Wildman–Crippen MR) is 58.1 cm³/mol. The molecule has 17 heavy (non-hydrogen) atoms. The van der Waals surface area contributed by atoms with E-state index < -0.39 is 0 Å². The molecule has 0 aliphatic heterocycles. The largest absolute Gasteiger partial charge is 1.00 e. The summed E-state index contributed by atoms with van der Waals surface area (Å²) in [4.78, 5) is 5.61. The third-order valence-corrected chi connectivity index (χ3v) is 2.94. The first-order valence-electron chi connectivity index (χ1n) is 5.03. The minimum absolute atomic E-state index is 0. The van der Waals surface area contributed by atoms with Crippen molar-refractivity contribution in [2.75, 3.05) is 0 Å². The van der Waals surface area contributed by atoms with Crippen molar-refractivity contribution in [2.45, 2.75) is 20.8 Å². The van der Waals surface area contributed by atoms with E-state index in [-0.39, 0.29) is 48.0 Å². The first-order valence-corrected chi connectivity index (χ1v) is 5.03. The van der Waals surface area contributed by atoms with E-state index in [0.717, 1.165) is 0 Å². The zero-order valence-corrected chi connectivity index (χ0v) is 15.2. The lowest BCUT2D eigenvalue weighted by Crippen LogP contribution is -3.00. The van der Waals surface area contributed by atoms with Crippen LogP contribution in [0.1, 0.15) is 17.2 Å². The van der Waals surface area contributed by atoms with Crippen molar-refractivity contribution in [3.05, 3.63) is 35.9 Å². The Labute approximate surface area is 137 Å². The maximum Gasteiger partial charge on any atom is 0.253 e. The van der Waals surface area contributed by atoms with Gasteiger partial charge < -0.3 is 48.0 Å². The van der Waals surface area contributed by atoms with Gasteiger partial charge in [-0.1, -0.05) is 0 Å². The lowest BCUT2D eigenvalue weighted by atomic mass is 10.4. The van der Waals surface area contributed by atoms with Crippen LogP contribution in [0.4, 0.5) is 0 Å². The van der Waals surface area contributed by atoms with Gasteiger partial charge in [0.25, 0.3) is 5.82 Å². The summed E-state index contributed by atoms with van der Waals surface area (Å²) in [5.74, 6) is 1.30. The van der Waals surface area contributed by atoms with E-state index in [1.807, 2.05) is 12.4 Å². The van der Waals surface area contributed by atoms with Crippen molar-refractivity contribution in [3.8, 4) is 0 Å². The molecule has 2 heterocycles. The summed E-state index contributed by atoms with van der Waals surface area (Å²) >= 11 is 0. The number of rotatable bonds is 0. The summed E-state index contributed by atoms with van der Waals surface area (Å²) in [6.45, 7) is 6.41. The lowest BCUT2D eigenvalue weighted by molar-refractivity contribution is -0.683. The highest BCUT2D eigenvalue weighted by atomic mass is 127. The van der Waals surface area contributed by atoms with E-state index in [9.17, 15) is 0 Å². The summed E-state index contributed by atoms with van der Waals surface area (Å²) in [6.07, 6.45) is 5.39. The van der Waals surface area contributed by atoms with Crippen LogP contribution >= 0.6 is 0 Å². The second kappa shape index (κ2) is 8.90. The summed E-state index contributed by atoms with van der Waals surface area (Å²) in [5, 5.41) is 0. The van der Waals surface area contributed by atoms with Crippen molar-refractivity contribution in [2.24, 2.45) is 14.1 Å². The molecule has 0 spiro atoms. The molecule has 0 amide bonds. The molecule has 0 bridgehead atoms. The van der Waals surface area contributed by atoms with Gasteiger partial charge in [0.15, 0.2) is 0 Å². The number of hydrogen-bond donors (Lipinski definition) is 1. The summed E-state index contributed by atoms with van der Waals surface area (Å²) < 4.78 is 4.41. The first-order chi connectivity index (χ1) is 7.05. The van der Waals surface area contributed by atoms with E-state index >= 15 is 0 Å². The Morgan fingerprint density at radius 3 is 1.94 bits per heavy atom. The first kappa shape index (κ1) is 19.2. The smallest absolute Gasteiger partial charge is 0.253 e. The van der Waals surface area contributed by atoms with Crippen LogP contribution in [0, 0.1) is 20.8 Å². The molecule has 2 aromatic heterocycles. The number of aromatic nitrogens is 4. The summed E-state index contributed by atoms with van der Waals surface area (Å²) in [7, 11) is 4.19. The van der Waals surface area contributed by atoms with Gasteiger partial charge in [-0.2, -0.15) is 0 Å². The van der Waals surface area contributed by atoms with Gasteiger partial charge in [-0.25, -0.2) is 9.13 Å². The fourth-order valence-corrected chi connectivity index (χ4v) is 1.44. The Morgan fingerprint density at radius 1 is 1.24 bits per heavy atom. The molecular weight excluding hydrogens is 442 g/mol. The standard InChI is InChI=1S/C8H15N2.C3H4N2.2HI/c1-6-7(2)10(5)8(3)9(6)4;1-2-5-3-4-1;;/h1-5H3;1-3H,(H,4,5);2*1H/q+1;;;/p-1. The minimum atomic E-state index is 0. The van der Waals surface area contributed by atoms with Crippen molar-refractivity contribution in [3.63, 3.8) is 0 Å². The molecule has 0 unspecified atom stereocenters. The van der Waals surface area contributed by atoms with E-state index in [1.54, 1.807) is 6.33 Å². The molecule has 0 saturated heterocycles. The predicted octanol–water partition coefficient (Wildman–Crippen LogP) is -5.39. The van der Waals surface area contributed by atoms with Gasteiger partial charge in [-0.3, -0.25) is 9.97 Å². The van der Waals surface area contributed by atoms with Gasteiger partial charge >= 0.3 is 0 Å². The highest BCUT2D eigenvalue weighted by Gasteiger charge is 2.14. The maximum absolute atomic E-state index is 2.81. The molecule has 0 aliphatic carbocycles. The Hall–Kier alpha value is -0.120. The van der Waals surface area contributed by atoms with Crippen LogP contribution in [-0.2, 0) is 14.1 Å². The molecule has 6 heteroatoms. The van der Waals surface area contributed by atoms with E-state index in [1.165, 1.54) is 17.2 Å². The van der Waals surface area contributed by atoms with Crippen LogP contribution in [0.25, 0.3) is 0 Å². The Morgan fingerprint density at radius 2 is 1.82 bits per heavy atom. The van der Waals surface area contributed by atoms with Crippen LogP contribution in [0.5, 0.6) is 0 Å². The lowest BCUT2D eigenvalue weighted by Gasteiger charge is -1.87. The second-order valence-electron chi connectivity index (χ2n) is 3.65. The molecule has 0 aromatic carbocycles. The van der Waals surface area contributed by atoms with Crippen LogP contribution in [-0.4, -0.2) is 9.55 Å². The molecular formula is C11H20I2N4. The topological polar surface area (TPSA) is 38.7 Å². The normalized spacial score (nSPS) is 8.53. The zero-order chi connectivity index (χ0) is 11.4. The third kappa shape index (κ3) is 4.94. The fourth-order valence-electron chi connectivity index (χ4n) is 1.44. The molecule has 0 fully saturated rings. The molecule has 0 atom stereocenters. The molecule has 2 N–H and O–H groups in total. The van der Waals surface area contributed by atoms with Crippen molar-refractivity contribution >= 4 is 0 Å². The molecule has 0 saturated carbocycles. The summed E-state index contributed by atoms with van der Waals surface area (Å²) in [5.41, 5.74) is 2.69.